The summed E-state index contributed by atoms with van der Waals surface area (Å²) in [6.07, 6.45) is -1.17. The lowest BCUT2D eigenvalue weighted by Gasteiger charge is -2.14. The van der Waals surface area contributed by atoms with E-state index >= 15 is 0 Å². The second-order valence-corrected chi connectivity index (χ2v) is 7.34. The first-order valence-electron chi connectivity index (χ1n) is 8.10. The Balaban J connectivity index is 2.07. The highest BCUT2D eigenvalue weighted by Gasteiger charge is 2.21. The van der Waals surface area contributed by atoms with Gasteiger partial charge in [-0.1, -0.05) is 19.1 Å². The molecule has 0 heterocycles. The standard InChI is InChI=1S/C18H19FN2O5S/c1-3-20-27(24,25)16-9-4-6-13(10-16)18(23)26-12(2)17(22)21-15-8-5-7-14(19)11-15/h4-12,20H,3H2,1-2H3,(H,21,22). The molecule has 0 radical (unpaired) electrons. The molecule has 0 aromatic heterocycles. The highest BCUT2D eigenvalue weighted by atomic mass is 32.2. The first-order valence-corrected chi connectivity index (χ1v) is 9.58. The van der Waals surface area contributed by atoms with E-state index in [9.17, 15) is 22.4 Å². The van der Waals surface area contributed by atoms with Crippen LogP contribution in [0, 0.1) is 5.82 Å². The predicted octanol–water partition coefficient (Wildman–Crippen LogP) is 2.31. The van der Waals surface area contributed by atoms with Gasteiger partial charge in [0.25, 0.3) is 5.91 Å². The minimum Gasteiger partial charge on any atom is -0.449 e. The second kappa shape index (κ2) is 8.74. The molecule has 0 fully saturated rings. The van der Waals surface area contributed by atoms with Crippen LogP contribution in [0.2, 0.25) is 0 Å². The van der Waals surface area contributed by atoms with Gasteiger partial charge in [-0.2, -0.15) is 0 Å². The fourth-order valence-corrected chi connectivity index (χ4v) is 3.24. The van der Waals surface area contributed by atoms with E-state index in [0.29, 0.717) is 0 Å². The van der Waals surface area contributed by atoms with Gasteiger partial charge in [0.2, 0.25) is 10.0 Å². The maximum Gasteiger partial charge on any atom is 0.338 e. The van der Waals surface area contributed by atoms with Crippen molar-refractivity contribution in [3.63, 3.8) is 0 Å². The number of amides is 1. The number of rotatable bonds is 7. The van der Waals surface area contributed by atoms with E-state index in [0.717, 1.165) is 12.1 Å². The minimum absolute atomic E-state index is 0.0145. The summed E-state index contributed by atoms with van der Waals surface area (Å²) < 4.78 is 44.6. The molecule has 9 heteroatoms. The van der Waals surface area contributed by atoms with Gasteiger partial charge in [0.05, 0.1) is 10.5 Å². The molecule has 7 nitrogen and oxygen atoms in total. The molecule has 2 N–H and O–H groups in total. The van der Waals surface area contributed by atoms with Crippen molar-refractivity contribution in [1.82, 2.24) is 4.72 Å². The molecule has 0 aliphatic carbocycles. The third kappa shape index (κ3) is 5.60. The zero-order valence-electron chi connectivity index (χ0n) is 14.7. The predicted molar refractivity (Wildman–Crippen MR) is 97.2 cm³/mol. The molecule has 0 spiro atoms. The molecule has 2 aromatic rings. The Hall–Kier alpha value is -2.78. The molecule has 1 atom stereocenters. The zero-order chi connectivity index (χ0) is 20.0. The molecule has 0 aliphatic heterocycles. The summed E-state index contributed by atoms with van der Waals surface area (Å²) in [5.41, 5.74) is 0.209. The van der Waals surface area contributed by atoms with Crippen LogP contribution >= 0.6 is 0 Å². The van der Waals surface area contributed by atoms with Crippen LogP contribution < -0.4 is 10.0 Å². The smallest absolute Gasteiger partial charge is 0.338 e. The van der Waals surface area contributed by atoms with Gasteiger partial charge < -0.3 is 10.1 Å². The van der Waals surface area contributed by atoms with Crippen molar-refractivity contribution in [1.29, 1.82) is 0 Å². The third-order valence-electron chi connectivity index (χ3n) is 3.46. The fourth-order valence-electron chi connectivity index (χ4n) is 2.16. The maximum absolute atomic E-state index is 13.1. The summed E-state index contributed by atoms with van der Waals surface area (Å²) in [4.78, 5) is 24.2. The lowest BCUT2D eigenvalue weighted by molar-refractivity contribution is -0.123. The number of halogens is 1. The van der Waals surface area contributed by atoms with Crippen LogP contribution in [0.4, 0.5) is 10.1 Å². The number of carbonyl (C=O) groups is 2. The topological polar surface area (TPSA) is 102 Å². The largest absolute Gasteiger partial charge is 0.449 e. The Morgan fingerprint density at radius 2 is 1.85 bits per heavy atom. The van der Waals surface area contributed by atoms with E-state index < -0.39 is 33.8 Å². The summed E-state index contributed by atoms with van der Waals surface area (Å²) in [6, 6.07) is 10.6. The molecule has 0 saturated heterocycles. The Morgan fingerprint density at radius 3 is 2.52 bits per heavy atom. The van der Waals surface area contributed by atoms with Crippen LogP contribution in [0.3, 0.4) is 0 Å². The molecule has 27 heavy (non-hydrogen) atoms. The van der Waals surface area contributed by atoms with Gasteiger partial charge in [-0.15, -0.1) is 0 Å². The van der Waals surface area contributed by atoms with Crippen LogP contribution in [0.5, 0.6) is 0 Å². The van der Waals surface area contributed by atoms with E-state index in [-0.39, 0.29) is 22.7 Å². The van der Waals surface area contributed by atoms with Crippen molar-refractivity contribution in [3.05, 3.63) is 59.9 Å². The van der Waals surface area contributed by atoms with Crippen molar-refractivity contribution in [2.75, 3.05) is 11.9 Å². The summed E-state index contributed by atoms with van der Waals surface area (Å²) >= 11 is 0. The zero-order valence-corrected chi connectivity index (χ0v) is 15.5. The van der Waals surface area contributed by atoms with Crippen molar-refractivity contribution < 1.29 is 27.1 Å². The molecule has 0 bridgehead atoms. The van der Waals surface area contributed by atoms with Crippen LogP contribution in [0.1, 0.15) is 24.2 Å². The second-order valence-electron chi connectivity index (χ2n) is 5.58. The molecule has 0 saturated carbocycles. The van der Waals surface area contributed by atoms with Gasteiger partial charge in [-0.05, 0) is 43.3 Å². The molecular formula is C18H19FN2O5S. The lowest BCUT2D eigenvalue weighted by Crippen LogP contribution is -2.30. The van der Waals surface area contributed by atoms with Crippen molar-refractivity contribution in [2.24, 2.45) is 0 Å². The van der Waals surface area contributed by atoms with E-state index in [1.807, 2.05) is 0 Å². The SMILES string of the molecule is CCNS(=O)(=O)c1cccc(C(=O)OC(C)C(=O)Nc2cccc(F)c2)c1. The fraction of sp³-hybridized carbons (Fsp3) is 0.222. The molecule has 1 amide bonds. The Kier molecular flexibility index (Phi) is 6.65. The highest BCUT2D eigenvalue weighted by molar-refractivity contribution is 7.89. The summed E-state index contributed by atoms with van der Waals surface area (Å²) in [7, 11) is -3.73. The molecule has 144 valence electrons. The van der Waals surface area contributed by atoms with Gasteiger partial charge in [0.15, 0.2) is 6.10 Å². The number of carbonyl (C=O) groups excluding carboxylic acids is 2. The Bertz CT molecular complexity index is 946. The van der Waals surface area contributed by atoms with Gasteiger partial charge in [0, 0.05) is 12.2 Å². The maximum atomic E-state index is 13.1. The monoisotopic (exact) mass is 394 g/mol. The average molecular weight is 394 g/mol. The van der Waals surface area contributed by atoms with Crippen LogP contribution in [0.15, 0.2) is 53.4 Å². The van der Waals surface area contributed by atoms with Gasteiger partial charge in [-0.3, -0.25) is 4.79 Å². The summed E-state index contributed by atoms with van der Waals surface area (Å²) in [5, 5.41) is 2.43. The minimum atomic E-state index is -3.73. The number of ether oxygens (including phenoxy) is 1. The average Bonchev–Trinajstić information content (AvgIpc) is 2.61. The number of benzene rings is 2. The molecule has 2 aromatic carbocycles. The summed E-state index contributed by atoms with van der Waals surface area (Å²) in [6.45, 7) is 3.19. The van der Waals surface area contributed by atoms with Crippen molar-refractivity contribution in [3.8, 4) is 0 Å². The molecule has 1 unspecified atom stereocenters. The number of sulfonamides is 1. The molecule has 0 aliphatic rings. The van der Waals surface area contributed by atoms with E-state index in [1.165, 1.54) is 43.3 Å². The number of anilines is 1. The van der Waals surface area contributed by atoms with Crippen molar-refractivity contribution >= 4 is 27.6 Å². The normalized spacial score (nSPS) is 12.3. The molecular weight excluding hydrogens is 375 g/mol. The van der Waals surface area contributed by atoms with Crippen molar-refractivity contribution in [2.45, 2.75) is 24.8 Å². The number of hydrogen-bond acceptors (Lipinski definition) is 5. The Morgan fingerprint density at radius 1 is 1.15 bits per heavy atom. The van der Waals surface area contributed by atoms with E-state index in [2.05, 4.69) is 10.0 Å². The number of esters is 1. The van der Waals surface area contributed by atoms with Crippen LogP contribution in [-0.4, -0.2) is 32.9 Å². The van der Waals surface area contributed by atoms with E-state index in [4.69, 9.17) is 4.74 Å². The summed E-state index contributed by atoms with van der Waals surface area (Å²) in [5.74, 6) is -2.02. The number of nitrogens with one attached hydrogen (secondary N) is 2. The number of hydrogen-bond donors (Lipinski definition) is 2. The quantitative estimate of drug-likeness (QED) is 0.702. The Labute approximate surface area is 156 Å². The van der Waals surface area contributed by atoms with Gasteiger partial charge in [-0.25, -0.2) is 22.3 Å². The lowest BCUT2D eigenvalue weighted by atomic mass is 10.2. The first-order chi connectivity index (χ1) is 12.7. The van der Waals surface area contributed by atoms with E-state index in [1.54, 1.807) is 6.92 Å². The first kappa shape index (κ1) is 20.5. The van der Waals surface area contributed by atoms with Crippen LogP contribution in [-0.2, 0) is 19.6 Å². The molecule has 2 rings (SSSR count). The third-order valence-corrected chi connectivity index (χ3v) is 5.00. The van der Waals surface area contributed by atoms with Crippen LogP contribution in [0.25, 0.3) is 0 Å². The van der Waals surface area contributed by atoms with Gasteiger partial charge in [0.1, 0.15) is 5.82 Å². The highest BCUT2D eigenvalue weighted by Crippen LogP contribution is 2.14. The van der Waals surface area contributed by atoms with Gasteiger partial charge >= 0.3 is 5.97 Å².